The first-order chi connectivity index (χ1) is 7.45. The molecule has 0 aliphatic heterocycles. The third-order valence-corrected chi connectivity index (χ3v) is 2.40. The van der Waals surface area contributed by atoms with E-state index in [0.717, 1.165) is 11.3 Å². The van der Waals surface area contributed by atoms with Gasteiger partial charge in [-0.3, -0.25) is 4.57 Å². The molecule has 0 bridgehead atoms. The molecule has 15 heavy (non-hydrogen) atoms. The molecule has 2 aromatic heterocycles. The Kier molecular flexibility index (Phi) is 1.75. The molecule has 0 fully saturated rings. The highest BCUT2D eigenvalue weighted by Crippen LogP contribution is 2.17. The van der Waals surface area contributed by atoms with Gasteiger partial charge in [-0.25, -0.2) is 0 Å². The van der Waals surface area contributed by atoms with Gasteiger partial charge in [0.25, 0.3) is 0 Å². The molecular formula is C12H9N3. The minimum Gasteiger partial charge on any atom is -0.300 e. The fourth-order valence-electron chi connectivity index (χ4n) is 1.70. The molecule has 0 saturated carbocycles. The second-order valence-electron chi connectivity index (χ2n) is 3.33. The fourth-order valence-corrected chi connectivity index (χ4v) is 1.70. The number of hydrogen-bond donors (Lipinski definition) is 0. The quantitative estimate of drug-likeness (QED) is 0.597. The van der Waals surface area contributed by atoms with Gasteiger partial charge in [-0.05, 0) is 29.7 Å². The molecule has 1 aromatic carbocycles. The lowest BCUT2D eigenvalue weighted by Crippen LogP contribution is -1.95. The van der Waals surface area contributed by atoms with Gasteiger partial charge >= 0.3 is 0 Å². The Labute approximate surface area is 87.0 Å². The van der Waals surface area contributed by atoms with E-state index in [1.54, 1.807) is 6.20 Å². The van der Waals surface area contributed by atoms with Crippen LogP contribution in [-0.2, 0) is 0 Å². The van der Waals surface area contributed by atoms with Crippen LogP contribution in [0.1, 0.15) is 0 Å². The first kappa shape index (κ1) is 8.17. The molecule has 0 spiro atoms. The summed E-state index contributed by atoms with van der Waals surface area (Å²) < 4.78 is 2.03. The zero-order valence-electron chi connectivity index (χ0n) is 8.04. The summed E-state index contributed by atoms with van der Waals surface area (Å²) in [4.78, 5) is 0. The van der Waals surface area contributed by atoms with Crippen molar-refractivity contribution >= 4 is 10.9 Å². The van der Waals surface area contributed by atoms with Gasteiger partial charge in [0, 0.05) is 12.4 Å². The minimum absolute atomic E-state index is 0.846. The molecule has 0 unspecified atom stereocenters. The van der Waals surface area contributed by atoms with Crippen molar-refractivity contribution in [3.05, 3.63) is 54.9 Å². The van der Waals surface area contributed by atoms with Crippen LogP contribution in [0.25, 0.3) is 16.7 Å². The second kappa shape index (κ2) is 3.20. The Balaban J connectivity index is 2.28. The number of hydrogen-bond acceptors (Lipinski definition) is 2. The van der Waals surface area contributed by atoms with Gasteiger partial charge in [-0.15, -0.1) is 5.10 Å². The topological polar surface area (TPSA) is 30.7 Å². The van der Waals surface area contributed by atoms with Crippen LogP contribution in [-0.4, -0.2) is 14.8 Å². The van der Waals surface area contributed by atoms with Crippen molar-refractivity contribution in [2.45, 2.75) is 0 Å². The van der Waals surface area contributed by atoms with E-state index in [2.05, 4.69) is 28.4 Å². The summed E-state index contributed by atoms with van der Waals surface area (Å²) in [6.07, 6.45) is 3.68. The van der Waals surface area contributed by atoms with Crippen molar-refractivity contribution in [2.75, 3.05) is 0 Å². The van der Waals surface area contributed by atoms with E-state index in [-0.39, 0.29) is 0 Å². The van der Waals surface area contributed by atoms with Gasteiger partial charge in [-0.1, -0.05) is 18.2 Å². The SMILES string of the molecule is c1cnnc(-n2ccc3ccccc32)c1. The molecule has 0 amide bonds. The maximum Gasteiger partial charge on any atom is 0.159 e. The van der Waals surface area contributed by atoms with Crippen molar-refractivity contribution in [1.29, 1.82) is 0 Å². The standard InChI is InChI=1S/C12H9N3/c1-2-5-11-10(4-1)7-9-15(11)12-6-3-8-13-14-12/h1-9H. The van der Waals surface area contributed by atoms with Gasteiger partial charge < -0.3 is 0 Å². The Morgan fingerprint density at radius 1 is 0.933 bits per heavy atom. The number of nitrogens with zero attached hydrogens (tertiary/aromatic N) is 3. The molecule has 3 rings (SSSR count). The number of benzene rings is 1. The van der Waals surface area contributed by atoms with Crippen molar-refractivity contribution in [1.82, 2.24) is 14.8 Å². The first-order valence-corrected chi connectivity index (χ1v) is 4.79. The summed E-state index contributed by atoms with van der Waals surface area (Å²) in [5, 5.41) is 9.17. The van der Waals surface area contributed by atoms with Crippen LogP contribution in [0.4, 0.5) is 0 Å². The van der Waals surface area contributed by atoms with Crippen molar-refractivity contribution in [3.63, 3.8) is 0 Å². The van der Waals surface area contributed by atoms with E-state index < -0.39 is 0 Å². The molecule has 0 saturated heterocycles. The molecule has 0 atom stereocenters. The molecule has 0 radical (unpaired) electrons. The molecule has 0 N–H and O–H groups in total. The third kappa shape index (κ3) is 1.29. The highest BCUT2D eigenvalue weighted by Gasteiger charge is 2.02. The molecule has 0 aliphatic rings. The van der Waals surface area contributed by atoms with Crippen molar-refractivity contribution < 1.29 is 0 Å². The summed E-state index contributed by atoms with van der Waals surface area (Å²) in [5.41, 5.74) is 1.15. The van der Waals surface area contributed by atoms with Gasteiger partial charge in [0.2, 0.25) is 0 Å². The summed E-state index contributed by atoms with van der Waals surface area (Å²) >= 11 is 0. The van der Waals surface area contributed by atoms with Crippen LogP contribution in [0.15, 0.2) is 54.9 Å². The Morgan fingerprint density at radius 2 is 1.87 bits per heavy atom. The zero-order chi connectivity index (χ0) is 10.1. The molecule has 3 aromatic rings. The lowest BCUT2D eigenvalue weighted by molar-refractivity contribution is 0.937. The number of fused-ring (bicyclic) bond motifs is 1. The average Bonchev–Trinajstić information content (AvgIpc) is 2.74. The zero-order valence-corrected chi connectivity index (χ0v) is 8.04. The number of rotatable bonds is 1. The van der Waals surface area contributed by atoms with Gasteiger partial charge in [0.15, 0.2) is 5.82 Å². The van der Waals surface area contributed by atoms with Crippen LogP contribution in [0.3, 0.4) is 0 Å². The van der Waals surface area contributed by atoms with Gasteiger partial charge in [0.1, 0.15) is 0 Å². The summed E-state index contributed by atoms with van der Waals surface area (Å²) in [5.74, 6) is 0.846. The van der Waals surface area contributed by atoms with Crippen molar-refractivity contribution in [3.8, 4) is 5.82 Å². The van der Waals surface area contributed by atoms with Crippen LogP contribution in [0.5, 0.6) is 0 Å². The minimum atomic E-state index is 0.846. The smallest absolute Gasteiger partial charge is 0.159 e. The largest absolute Gasteiger partial charge is 0.300 e. The van der Waals surface area contributed by atoms with Gasteiger partial charge in [-0.2, -0.15) is 5.10 Å². The highest BCUT2D eigenvalue weighted by molar-refractivity contribution is 5.81. The predicted octanol–water partition coefficient (Wildman–Crippen LogP) is 2.42. The number of para-hydroxylation sites is 1. The Bertz CT molecular complexity index is 584. The number of aromatic nitrogens is 3. The highest BCUT2D eigenvalue weighted by atomic mass is 15.2. The lowest BCUT2D eigenvalue weighted by atomic mass is 10.2. The van der Waals surface area contributed by atoms with E-state index in [1.165, 1.54) is 5.39 Å². The van der Waals surface area contributed by atoms with Gasteiger partial charge in [0.05, 0.1) is 5.52 Å². The van der Waals surface area contributed by atoms with E-state index in [0.29, 0.717) is 0 Å². The van der Waals surface area contributed by atoms with E-state index in [9.17, 15) is 0 Å². The van der Waals surface area contributed by atoms with E-state index in [4.69, 9.17) is 0 Å². The Hall–Kier alpha value is -2.16. The molecule has 0 aliphatic carbocycles. The van der Waals surface area contributed by atoms with Crippen molar-refractivity contribution in [2.24, 2.45) is 0 Å². The normalized spacial score (nSPS) is 10.7. The summed E-state index contributed by atoms with van der Waals surface area (Å²) in [6, 6.07) is 14.1. The van der Waals surface area contributed by atoms with E-state index >= 15 is 0 Å². The average molecular weight is 195 g/mol. The lowest BCUT2D eigenvalue weighted by Gasteiger charge is -2.01. The second-order valence-corrected chi connectivity index (χ2v) is 3.33. The predicted molar refractivity (Wildman–Crippen MR) is 58.9 cm³/mol. The summed E-state index contributed by atoms with van der Waals surface area (Å²) in [7, 11) is 0. The first-order valence-electron chi connectivity index (χ1n) is 4.79. The van der Waals surface area contributed by atoms with Crippen LogP contribution >= 0.6 is 0 Å². The molecular weight excluding hydrogens is 186 g/mol. The van der Waals surface area contributed by atoms with Crippen LogP contribution < -0.4 is 0 Å². The molecule has 3 heteroatoms. The maximum atomic E-state index is 4.08. The van der Waals surface area contributed by atoms with E-state index in [1.807, 2.05) is 35.0 Å². The molecule has 72 valence electrons. The Morgan fingerprint density at radius 3 is 2.73 bits per heavy atom. The fraction of sp³-hybridized carbons (Fsp3) is 0. The van der Waals surface area contributed by atoms with Crippen LogP contribution in [0, 0.1) is 0 Å². The molecule has 2 heterocycles. The third-order valence-electron chi connectivity index (χ3n) is 2.40. The molecule has 3 nitrogen and oxygen atoms in total. The van der Waals surface area contributed by atoms with Crippen LogP contribution in [0.2, 0.25) is 0 Å². The maximum absolute atomic E-state index is 4.08. The summed E-state index contributed by atoms with van der Waals surface area (Å²) in [6.45, 7) is 0. The monoisotopic (exact) mass is 195 g/mol.